The van der Waals surface area contributed by atoms with E-state index in [4.69, 9.17) is 11.6 Å². The van der Waals surface area contributed by atoms with Crippen LogP contribution in [0.1, 0.15) is 50.5 Å². The van der Waals surface area contributed by atoms with Crippen molar-refractivity contribution in [3.05, 3.63) is 34.9 Å². The van der Waals surface area contributed by atoms with Crippen LogP contribution in [0.4, 0.5) is 0 Å². The van der Waals surface area contributed by atoms with Gasteiger partial charge in [0.1, 0.15) is 5.78 Å². The van der Waals surface area contributed by atoms with Gasteiger partial charge in [-0.1, -0.05) is 37.1 Å². The molecule has 1 saturated carbocycles. The Morgan fingerprint density at radius 3 is 2.94 bits per heavy atom. The zero-order chi connectivity index (χ0) is 12.3. The zero-order valence-corrected chi connectivity index (χ0v) is 11.0. The van der Waals surface area contributed by atoms with Crippen molar-refractivity contribution in [1.82, 2.24) is 0 Å². The monoisotopic (exact) mass is 250 g/mol. The van der Waals surface area contributed by atoms with Crippen LogP contribution in [0.15, 0.2) is 24.3 Å². The molecular weight excluding hydrogens is 232 g/mol. The topological polar surface area (TPSA) is 17.1 Å². The summed E-state index contributed by atoms with van der Waals surface area (Å²) in [5, 5.41) is 0.782. The summed E-state index contributed by atoms with van der Waals surface area (Å²) >= 11 is 5.99. The van der Waals surface area contributed by atoms with Gasteiger partial charge in [0.25, 0.3) is 0 Å². The predicted molar refractivity (Wildman–Crippen MR) is 71.4 cm³/mol. The number of ketones is 1. The number of halogens is 1. The van der Waals surface area contributed by atoms with Gasteiger partial charge in [-0.25, -0.2) is 0 Å². The number of rotatable bonds is 3. The standard InChI is InChI=1S/C15H19ClO/c1-11(12-6-4-7-14(16)10-12)9-13-5-2-3-8-15(13)17/h4,6-7,10-11,13H,2-3,5,8-9H2,1H3. The van der Waals surface area contributed by atoms with Crippen molar-refractivity contribution in [3.8, 4) is 0 Å². The number of benzene rings is 1. The maximum Gasteiger partial charge on any atom is 0.135 e. The SMILES string of the molecule is CC(CC1CCCCC1=O)c1cccc(Cl)c1. The van der Waals surface area contributed by atoms with Crippen molar-refractivity contribution in [2.75, 3.05) is 0 Å². The smallest absolute Gasteiger partial charge is 0.135 e. The zero-order valence-electron chi connectivity index (χ0n) is 10.3. The van der Waals surface area contributed by atoms with E-state index in [2.05, 4.69) is 13.0 Å². The van der Waals surface area contributed by atoms with Gasteiger partial charge in [0.15, 0.2) is 0 Å². The Labute approximate surface area is 108 Å². The van der Waals surface area contributed by atoms with Crippen molar-refractivity contribution < 1.29 is 4.79 Å². The van der Waals surface area contributed by atoms with Crippen LogP contribution in [-0.2, 0) is 4.79 Å². The molecule has 1 aromatic carbocycles. The van der Waals surface area contributed by atoms with E-state index in [9.17, 15) is 4.79 Å². The average Bonchev–Trinajstić information content (AvgIpc) is 2.32. The van der Waals surface area contributed by atoms with E-state index in [1.807, 2.05) is 18.2 Å². The lowest BCUT2D eigenvalue weighted by Crippen LogP contribution is -2.20. The second-order valence-corrected chi connectivity index (χ2v) is 5.54. The van der Waals surface area contributed by atoms with Gasteiger partial charge in [-0.2, -0.15) is 0 Å². The van der Waals surface area contributed by atoms with Crippen LogP contribution in [0.3, 0.4) is 0 Å². The van der Waals surface area contributed by atoms with Crippen LogP contribution in [0.2, 0.25) is 5.02 Å². The minimum atomic E-state index is 0.276. The highest BCUT2D eigenvalue weighted by Gasteiger charge is 2.24. The summed E-state index contributed by atoms with van der Waals surface area (Å²) in [4.78, 5) is 11.8. The number of hydrogen-bond donors (Lipinski definition) is 0. The second kappa shape index (κ2) is 5.68. The largest absolute Gasteiger partial charge is 0.299 e. The second-order valence-electron chi connectivity index (χ2n) is 5.10. The first-order valence-corrected chi connectivity index (χ1v) is 6.83. The Kier molecular flexibility index (Phi) is 4.22. The molecule has 0 heterocycles. The maximum absolute atomic E-state index is 11.8. The molecule has 0 amide bonds. The molecule has 92 valence electrons. The van der Waals surface area contributed by atoms with Gasteiger partial charge < -0.3 is 0 Å². The van der Waals surface area contributed by atoms with Crippen LogP contribution in [0.5, 0.6) is 0 Å². The summed E-state index contributed by atoms with van der Waals surface area (Å²) in [5.41, 5.74) is 1.25. The van der Waals surface area contributed by atoms with Crippen molar-refractivity contribution in [2.24, 2.45) is 5.92 Å². The van der Waals surface area contributed by atoms with E-state index in [-0.39, 0.29) is 5.92 Å². The molecule has 2 atom stereocenters. The van der Waals surface area contributed by atoms with Crippen LogP contribution < -0.4 is 0 Å². The Hall–Kier alpha value is -0.820. The Balaban J connectivity index is 2.00. The number of carbonyl (C=O) groups excluding carboxylic acids is 1. The molecule has 0 spiro atoms. The van der Waals surface area contributed by atoms with Crippen molar-refractivity contribution in [2.45, 2.75) is 44.9 Å². The molecule has 1 aliphatic carbocycles. The lowest BCUT2D eigenvalue weighted by atomic mass is 9.80. The Morgan fingerprint density at radius 1 is 1.41 bits per heavy atom. The van der Waals surface area contributed by atoms with Gasteiger partial charge in [-0.15, -0.1) is 0 Å². The molecular formula is C15H19ClO. The van der Waals surface area contributed by atoms with Gasteiger partial charge in [-0.3, -0.25) is 4.79 Å². The number of carbonyl (C=O) groups is 1. The lowest BCUT2D eigenvalue weighted by molar-refractivity contribution is -0.124. The molecule has 17 heavy (non-hydrogen) atoms. The number of hydrogen-bond acceptors (Lipinski definition) is 1. The summed E-state index contributed by atoms with van der Waals surface area (Å²) in [6.07, 6.45) is 5.12. The molecule has 1 aromatic rings. The third kappa shape index (κ3) is 3.32. The minimum absolute atomic E-state index is 0.276. The summed E-state index contributed by atoms with van der Waals surface area (Å²) in [6.45, 7) is 2.19. The van der Waals surface area contributed by atoms with E-state index in [1.165, 1.54) is 12.0 Å². The molecule has 0 aromatic heterocycles. The summed E-state index contributed by atoms with van der Waals surface area (Å²) in [7, 11) is 0. The van der Waals surface area contributed by atoms with Gasteiger partial charge in [-0.05, 0) is 42.9 Å². The molecule has 0 bridgehead atoms. The van der Waals surface area contributed by atoms with Crippen LogP contribution in [-0.4, -0.2) is 5.78 Å². The average molecular weight is 251 g/mol. The van der Waals surface area contributed by atoms with Crippen LogP contribution >= 0.6 is 11.6 Å². The highest BCUT2D eigenvalue weighted by atomic mass is 35.5. The molecule has 0 aliphatic heterocycles. The first kappa shape index (κ1) is 12.6. The predicted octanol–water partition coefficient (Wildman–Crippen LogP) is 4.59. The highest BCUT2D eigenvalue weighted by molar-refractivity contribution is 6.30. The summed E-state index contributed by atoms with van der Waals surface area (Å²) < 4.78 is 0. The summed E-state index contributed by atoms with van der Waals surface area (Å²) in [6, 6.07) is 7.99. The van der Waals surface area contributed by atoms with E-state index in [0.717, 1.165) is 30.7 Å². The Bertz CT molecular complexity index is 400. The van der Waals surface area contributed by atoms with Crippen LogP contribution in [0.25, 0.3) is 0 Å². The van der Waals surface area contributed by atoms with E-state index < -0.39 is 0 Å². The van der Waals surface area contributed by atoms with Crippen molar-refractivity contribution in [3.63, 3.8) is 0 Å². The minimum Gasteiger partial charge on any atom is -0.299 e. The fourth-order valence-electron chi connectivity index (χ4n) is 2.68. The molecule has 2 heteroatoms. The Morgan fingerprint density at radius 2 is 2.24 bits per heavy atom. The quantitative estimate of drug-likeness (QED) is 0.767. The molecule has 2 unspecified atom stereocenters. The maximum atomic E-state index is 11.8. The third-order valence-corrected chi connectivity index (χ3v) is 3.97. The van der Waals surface area contributed by atoms with Crippen molar-refractivity contribution >= 4 is 17.4 Å². The number of Topliss-reactive ketones (excluding diaryl/α,β-unsaturated/α-hetero) is 1. The van der Waals surface area contributed by atoms with Crippen molar-refractivity contribution in [1.29, 1.82) is 0 Å². The fraction of sp³-hybridized carbons (Fsp3) is 0.533. The van der Waals surface area contributed by atoms with Gasteiger partial charge in [0.05, 0.1) is 0 Å². The lowest BCUT2D eigenvalue weighted by Gasteiger charge is -2.23. The first-order valence-electron chi connectivity index (χ1n) is 6.45. The fourth-order valence-corrected chi connectivity index (χ4v) is 2.88. The van der Waals surface area contributed by atoms with Gasteiger partial charge in [0.2, 0.25) is 0 Å². The molecule has 2 rings (SSSR count). The van der Waals surface area contributed by atoms with Gasteiger partial charge in [0, 0.05) is 17.4 Å². The molecule has 1 aliphatic rings. The normalized spacial score (nSPS) is 22.5. The summed E-state index contributed by atoms with van der Waals surface area (Å²) in [5.74, 6) is 1.16. The van der Waals surface area contributed by atoms with Gasteiger partial charge >= 0.3 is 0 Å². The van der Waals surface area contributed by atoms with E-state index in [0.29, 0.717) is 11.7 Å². The molecule has 1 fully saturated rings. The van der Waals surface area contributed by atoms with Crippen LogP contribution in [0, 0.1) is 5.92 Å². The first-order chi connectivity index (χ1) is 8.16. The van der Waals surface area contributed by atoms with E-state index >= 15 is 0 Å². The third-order valence-electron chi connectivity index (χ3n) is 3.74. The molecule has 0 radical (unpaired) electrons. The molecule has 1 nitrogen and oxygen atoms in total. The highest BCUT2D eigenvalue weighted by Crippen LogP contribution is 2.31. The van der Waals surface area contributed by atoms with E-state index in [1.54, 1.807) is 0 Å². The molecule has 0 saturated heterocycles. The molecule has 0 N–H and O–H groups in total.